The molecule has 0 heterocycles. The first-order chi connectivity index (χ1) is 13.4. The number of benzene rings is 2. The summed E-state index contributed by atoms with van der Waals surface area (Å²) in [5, 5.41) is 4.57. The van der Waals surface area contributed by atoms with Crippen LogP contribution in [0.3, 0.4) is 0 Å². The highest BCUT2D eigenvalue weighted by Gasteiger charge is 2.23. The third kappa shape index (κ3) is 6.57. The maximum Gasteiger partial charge on any atom is 0.344 e. The number of rotatable bonds is 9. The molecule has 150 valence electrons. The van der Waals surface area contributed by atoms with Crippen molar-refractivity contribution in [3.63, 3.8) is 0 Å². The van der Waals surface area contributed by atoms with Crippen LogP contribution in [0.1, 0.15) is 20.3 Å². The van der Waals surface area contributed by atoms with Crippen molar-refractivity contribution < 1.29 is 28.6 Å². The summed E-state index contributed by atoms with van der Waals surface area (Å²) in [5.74, 6) is -1.07. The minimum absolute atomic E-state index is 0.183. The van der Waals surface area contributed by atoms with Crippen LogP contribution >= 0.6 is 0 Å². The molecule has 0 aliphatic rings. The molecule has 0 radical (unpaired) electrons. The van der Waals surface area contributed by atoms with Crippen molar-refractivity contribution in [1.29, 1.82) is 0 Å². The van der Waals surface area contributed by atoms with Gasteiger partial charge in [0.2, 0.25) is 0 Å². The molecule has 2 rings (SSSR count). The molecule has 0 aliphatic heterocycles. The van der Waals surface area contributed by atoms with Crippen LogP contribution < -0.4 is 10.1 Å². The van der Waals surface area contributed by atoms with E-state index in [1.807, 2.05) is 50.2 Å². The Balaban J connectivity index is 1.78. The van der Waals surface area contributed by atoms with Gasteiger partial charge in [-0.2, -0.15) is 0 Å². The second-order valence-corrected chi connectivity index (χ2v) is 6.73. The van der Waals surface area contributed by atoms with Gasteiger partial charge >= 0.3 is 11.9 Å². The van der Waals surface area contributed by atoms with Gasteiger partial charge in [0, 0.05) is 0 Å². The molecular weight excluding hydrogens is 362 g/mol. The number of amides is 1. The van der Waals surface area contributed by atoms with E-state index in [0.717, 1.165) is 10.8 Å². The van der Waals surface area contributed by atoms with Crippen molar-refractivity contribution >= 4 is 28.6 Å². The minimum atomic E-state index is -0.773. The number of hydrogen-bond donors (Lipinski definition) is 1. The minimum Gasteiger partial charge on any atom is -0.482 e. The summed E-state index contributed by atoms with van der Waals surface area (Å²) in [7, 11) is 1.26. The highest BCUT2D eigenvalue weighted by Crippen LogP contribution is 2.20. The average Bonchev–Trinajstić information content (AvgIpc) is 2.69. The molecular formula is C21H25NO6. The molecule has 1 atom stereocenters. The van der Waals surface area contributed by atoms with Gasteiger partial charge in [-0.05, 0) is 35.2 Å². The fourth-order valence-corrected chi connectivity index (χ4v) is 2.65. The Hall–Kier alpha value is -3.09. The quantitative estimate of drug-likeness (QED) is 0.665. The molecule has 0 saturated heterocycles. The lowest BCUT2D eigenvalue weighted by atomic mass is 10.0. The maximum atomic E-state index is 11.9. The van der Waals surface area contributed by atoms with Gasteiger partial charge in [-0.25, -0.2) is 9.59 Å². The molecule has 1 N–H and O–H groups in total. The Morgan fingerprint density at radius 1 is 1.00 bits per heavy atom. The normalized spacial score (nSPS) is 11.7. The first-order valence-electron chi connectivity index (χ1n) is 9.03. The lowest BCUT2D eigenvalue weighted by molar-refractivity contribution is -0.151. The third-order valence-electron chi connectivity index (χ3n) is 3.97. The summed E-state index contributed by atoms with van der Waals surface area (Å²) in [5.41, 5.74) is 0. The van der Waals surface area contributed by atoms with Crippen molar-refractivity contribution in [3.8, 4) is 5.75 Å². The summed E-state index contributed by atoms with van der Waals surface area (Å²) >= 11 is 0. The van der Waals surface area contributed by atoms with Crippen molar-refractivity contribution in [2.45, 2.75) is 26.3 Å². The van der Waals surface area contributed by atoms with Crippen LogP contribution in [0.15, 0.2) is 42.5 Å². The summed E-state index contributed by atoms with van der Waals surface area (Å²) in [6.45, 7) is 3.03. The molecule has 2 aromatic carbocycles. The van der Waals surface area contributed by atoms with Gasteiger partial charge in [0.25, 0.3) is 5.91 Å². The van der Waals surface area contributed by atoms with Crippen molar-refractivity contribution in [2.24, 2.45) is 5.92 Å². The SMILES string of the molecule is COC(=O)[C@@H](CC(C)C)NC(=O)COC(=O)COc1ccc2ccccc2c1. The van der Waals surface area contributed by atoms with Crippen LogP contribution in [-0.4, -0.2) is 44.2 Å². The van der Waals surface area contributed by atoms with Crippen LogP contribution in [-0.2, 0) is 23.9 Å². The third-order valence-corrected chi connectivity index (χ3v) is 3.97. The molecule has 7 nitrogen and oxygen atoms in total. The number of esters is 2. The molecule has 0 aromatic heterocycles. The molecule has 0 unspecified atom stereocenters. The Morgan fingerprint density at radius 2 is 1.71 bits per heavy atom. The second kappa shape index (κ2) is 10.3. The number of hydrogen-bond acceptors (Lipinski definition) is 6. The van der Waals surface area contributed by atoms with Crippen LogP contribution in [0.4, 0.5) is 0 Å². The van der Waals surface area contributed by atoms with E-state index in [2.05, 4.69) is 10.1 Å². The molecule has 0 spiro atoms. The second-order valence-electron chi connectivity index (χ2n) is 6.73. The molecule has 0 fully saturated rings. The fraction of sp³-hybridized carbons (Fsp3) is 0.381. The zero-order chi connectivity index (χ0) is 20.5. The van der Waals surface area contributed by atoms with Crippen LogP contribution in [0, 0.1) is 5.92 Å². The predicted octanol–water partition coefficient (Wildman–Crippen LogP) is 2.47. The van der Waals surface area contributed by atoms with E-state index in [1.54, 1.807) is 6.07 Å². The average molecular weight is 387 g/mol. The molecule has 2 aromatic rings. The molecule has 0 bridgehead atoms. The Bertz CT molecular complexity index is 833. The van der Waals surface area contributed by atoms with E-state index in [1.165, 1.54) is 7.11 Å². The van der Waals surface area contributed by atoms with E-state index in [0.29, 0.717) is 12.2 Å². The number of carbonyl (C=O) groups is 3. The largest absolute Gasteiger partial charge is 0.482 e. The van der Waals surface area contributed by atoms with Gasteiger partial charge in [-0.1, -0.05) is 44.2 Å². The summed E-state index contributed by atoms with van der Waals surface area (Å²) in [6, 6.07) is 12.5. The van der Waals surface area contributed by atoms with Gasteiger partial charge in [0.05, 0.1) is 7.11 Å². The molecule has 7 heteroatoms. The zero-order valence-electron chi connectivity index (χ0n) is 16.3. The van der Waals surface area contributed by atoms with Crippen molar-refractivity contribution in [1.82, 2.24) is 5.32 Å². The maximum absolute atomic E-state index is 11.9. The van der Waals surface area contributed by atoms with Crippen molar-refractivity contribution in [2.75, 3.05) is 20.3 Å². The van der Waals surface area contributed by atoms with E-state index in [-0.39, 0.29) is 12.5 Å². The standard InChI is InChI=1S/C21H25NO6/c1-14(2)10-18(21(25)26-3)22-19(23)12-28-20(24)13-27-17-9-8-15-6-4-5-7-16(15)11-17/h4-9,11,14,18H,10,12-13H2,1-3H3,(H,22,23)/t18-/m1/s1. The van der Waals surface area contributed by atoms with E-state index in [9.17, 15) is 14.4 Å². The number of fused-ring (bicyclic) bond motifs is 1. The van der Waals surface area contributed by atoms with Gasteiger partial charge in [0.15, 0.2) is 13.2 Å². The van der Waals surface area contributed by atoms with E-state index < -0.39 is 30.5 Å². The predicted molar refractivity (Wildman–Crippen MR) is 104 cm³/mol. The van der Waals surface area contributed by atoms with Gasteiger partial charge < -0.3 is 19.5 Å². The van der Waals surface area contributed by atoms with Crippen LogP contribution in [0.2, 0.25) is 0 Å². The van der Waals surface area contributed by atoms with Crippen LogP contribution in [0.25, 0.3) is 10.8 Å². The van der Waals surface area contributed by atoms with Gasteiger partial charge in [-0.15, -0.1) is 0 Å². The number of methoxy groups -OCH3 is 1. The number of nitrogens with one attached hydrogen (secondary N) is 1. The summed E-state index contributed by atoms with van der Waals surface area (Å²) < 4.78 is 15.0. The first kappa shape index (κ1) is 21.2. The highest BCUT2D eigenvalue weighted by atomic mass is 16.6. The number of carbonyl (C=O) groups excluding carboxylic acids is 3. The topological polar surface area (TPSA) is 90.9 Å². The fourth-order valence-electron chi connectivity index (χ4n) is 2.65. The molecule has 0 saturated carbocycles. The Morgan fingerprint density at radius 3 is 2.39 bits per heavy atom. The highest BCUT2D eigenvalue weighted by molar-refractivity contribution is 5.86. The van der Waals surface area contributed by atoms with Crippen molar-refractivity contribution in [3.05, 3.63) is 42.5 Å². The lowest BCUT2D eigenvalue weighted by Crippen LogP contribution is -2.44. The summed E-state index contributed by atoms with van der Waals surface area (Å²) in [6.07, 6.45) is 0.428. The number of ether oxygens (including phenoxy) is 3. The smallest absolute Gasteiger partial charge is 0.344 e. The first-order valence-corrected chi connectivity index (χ1v) is 9.03. The lowest BCUT2D eigenvalue weighted by Gasteiger charge is -2.18. The monoisotopic (exact) mass is 387 g/mol. The summed E-state index contributed by atoms with van der Waals surface area (Å²) in [4.78, 5) is 35.5. The van der Waals surface area contributed by atoms with Gasteiger partial charge in [0.1, 0.15) is 11.8 Å². The van der Waals surface area contributed by atoms with Crippen LogP contribution in [0.5, 0.6) is 5.75 Å². The molecule has 28 heavy (non-hydrogen) atoms. The van der Waals surface area contributed by atoms with Gasteiger partial charge in [-0.3, -0.25) is 4.79 Å². The Kier molecular flexibility index (Phi) is 7.80. The molecule has 1 amide bonds. The van der Waals surface area contributed by atoms with E-state index in [4.69, 9.17) is 9.47 Å². The zero-order valence-corrected chi connectivity index (χ0v) is 16.3. The van der Waals surface area contributed by atoms with E-state index >= 15 is 0 Å². The molecule has 0 aliphatic carbocycles. The Labute approximate surface area is 164 Å².